The van der Waals surface area contributed by atoms with Gasteiger partial charge in [0.1, 0.15) is 0 Å². The summed E-state index contributed by atoms with van der Waals surface area (Å²) in [5, 5.41) is 0. The van der Waals surface area contributed by atoms with Crippen LogP contribution < -0.4 is 0 Å². The SMILES string of the molecule is C[Si](C)(C)[Si]([P-]p1p2[p-]p3p1p3p2[Si]([Si](C)(C)C)([Si](C)(C)C)[Si](C)(C)C)([Si](C)(C)C)[Si](C)(C)C. The summed E-state index contributed by atoms with van der Waals surface area (Å²) < 4.78 is 0. The molecule has 0 aromatic carbocycles. The highest BCUT2D eigenvalue weighted by Crippen LogP contribution is 3.14. The van der Waals surface area contributed by atoms with E-state index in [1.807, 2.05) is 0 Å². The van der Waals surface area contributed by atoms with Crippen LogP contribution in [0.5, 0.6) is 0 Å². The zero-order chi connectivity index (χ0) is 26.9. The lowest BCUT2D eigenvalue weighted by Gasteiger charge is -2.68. The van der Waals surface area contributed by atoms with E-state index < -0.39 is 58.1 Å². The molecule has 6 atom stereocenters. The van der Waals surface area contributed by atoms with Gasteiger partial charge in [-0.2, -0.15) is 25.5 Å². The van der Waals surface area contributed by atoms with Crippen molar-refractivity contribution in [1.82, 2.24) is 0 Å². The summed E-state index contributed by atoms with van der Waals surface area (Å²) in [6, 6.07) is 0. The van der Waals surface area contributed by atoms with Crippen LogP contribution in [-0.4, -0.2) is 58.1 Å². The third-order valence-electron chi connectivity index (χ3n) is 8.32. The average Bonchev–Trinajstić information content (AvgIpc) is 2.75. The molecule has 16 heteroatoms. The summed E-state index contributed by atoms with van der Waals surface area (Å²) >= 11 is 0. The van der Waals surface area contributed by atoms with E-state index in [-0.39, 0.29) is 0 Å². The third kappa shape index (κ3) is 4.58. The van der Waals surface area contributed by atoms with E-state index in [0.717, 1.165) is 0 Å². The van der Waals surface area contributed by atoms with Crippen LogP contribution in [0.1, 0.15) is 0 Å². The van der Waals surface area contributed by atoms with Gasteiger partial charge in [-0.3, -0.25) is 0 Å². The fourth-order valence-corrected chi connectivity index (χ4v) is 612. The van der Waals surface area contributed by atoms with Gasteiger partial charge in [0.05, 0.1) is 6.29 Å². The van der Waals surface area contributed by atoms with Crippen molar-refractivity contribution in [3.8, 4) is 0 Å². The molecule has 4 aromatic rings. The highest BCUT2D eigenvalue weighted by Gasteiger charge is 2.62. The molecule has 0 radical (unpaired) electrons. The molecule has 0 nitrogen and oxygen atoms in total. The Morgan fingerprint density at radius 3 is 1.06 bits per heavy atom. The highest BCUT2D eigenvalue weighted by molar-refractivity contribution is 9.20. The van der Waals surface area contributed by atoms with Gasteiger partial charge >= 0.3 is 0 Å². The molecule has 4 rings (SSSR count). The molecule has 0 N–H and O–H groups in total. The Morgan fingerprint density at radius 2 is 0.794 bits per heavy atom. The van der Waals surface area contributed by atoms with Crippen molar-refractivity contribution >= 4 is 112 Å². The van der Waals surface area contributed by atoms with Crippen LogP contribution in [0, 0.1) is 0 Å². The van der Waals surface area contributed by atoms with E-state index in [0.29, 0.717) is 38.5 Å². The molecular formula is C18H54P8Si8-2. The summed E-state index contributed by atoms with van der Waals surface area (Å²) in [5.74, 6) is 0. The summed E-state index contributed by atoms with van der Waals surface area (Å²) in [6.45, 7) is 52.8. The van der Waals surface area contributed by atoms with E-state index in [1.165, 1.54) is 0 Å². The minimum absolute atomic E-state index is 0.498. The first-order chi connectivity index (χ1) is 14.7. The monoisotopic (exact) mass is 742 g/mol. The lowest BCUT2D eigenvalue weighted by Crippen LogP contribution is -2.80. The lowest BCUT2D eigenvalue weighted by atomic mass is 11.8. The van der Waals surface area contributed by atoms with Gasteiger partial charge in [0, 0.05) is 45.5 Å². The van der Waals surface area contributed by atoms with Crippen LogP contribution in [0.3, 0.4) is 0 Å². The molecule has 0 aliphatic carbocycles. The molecule has 34 heavy (non-hydrogen) atoms. The zero-order valence-electron chi connectivity index (χ0n) is 25.6. The van der Waals surface area contributed by atoms with Crippen LogP contribution in [0.2, 0.25) is 118 Å². The minimum atomic E-state index is -1.20. The molecule has 0 amide bonds. The third-order valence-corrected chi connectivity index (χ3v) is 317. The molecule has 4 aromatic heterocycles. The van der Waals surface area contributed by atoms with Crippen molar-refractivity contribution in [2.24, 2.45) is 0 Å². The first-order valence-corrected chi connectivity index (χ1v) is 62.5. The molecular weight excluding hydrogens is 689 g/mol. The van der Waals surface area contributed by atoms with Crippen LogP contribution in [0.4, 0.5) is 0 Å². The molecule has 0 fully saturated rings. The van der Waals surface area contributed by atoms with Crippen molar-refractivity contribution in [3.05, 3.63) is 0 Å². The van der Waals surface area contributed by atoms with Gasteiger partial charge in [-0.15, -0.1) is 20.2 Å². The quantitative estimate of drug-likeness (QED) is 0.151. The van der Waals surface area contributed by atoms with E-state index in [4.69, 9.17) is 0 Å². The Morgan fingerprint density at radius 1 is 0.441 bits per heavy atom. The maximum absolute atomic E-state index is 2.93. The second-order valence-corrected chi connectivity index (χ2v) is 155. The predicted molar refractivity (Wildman–Crippen MR) is 207 cm³/mol. The Labute approximate surface area is 227 Å². The van der Waals surface area contributed by atoms with Gasteiger partial charge < -0.3 is 14.4 Å². The Bertz CT molecular complexity index is 1080. The smallest absolute Gasteiger partial charge is 0.0553 e. The van der Waals surface area contributed by atoms with Gasteiger partial charge in [-0.25, -0.2) is 0 Å². The number of hydrogen-bond acceptors (Lipinski definition) is 0. The maximum atomic E-state index is 2.93. The summed E-state index contributed by atoms with van der Waals surface area (Å²) in [6.07, 6.45) is 0.610. The summed E-state index contributed by atoms with van der Waals surface area (Å²) in [4.78, 5) is 0. The standard InChI is InChI=1S/C18H54P8Si8/c1-27(2,3)33(28(4,5)6,29(7,8)9)20-23-21-19-22-24(23)25(22)26(21)34(30(10,11)12,31(13,14)15)32(16,17)18/h1-18H3/q-2. The van der Waals surface area contributed by atoms with Crippen molar-refractivity contribution in [3.63, 3.8) is 0 Å². The van der Waals surface area contributed by atoms with Crippen LogP contribution in [0.25, 0.3) is 0 Å². The van der Waals surface area contributed by atoms with Crippen LogP contribution in [-0.2, 0) is 0 Å². The molecule has 0 aliphatic rings. The van der Waals surface area contributed by atoms with E-state index in [1.54, 1.807) is 0 Å². The second-order valence-electron chi connectivity index (χ2n) is 16.7. The van der Waals surface area contributed by atoms with Crippen molar-refractivity contribution < 1.29 is 0 Å². The van der Waals surface area contributed by atoms with Gasteiger partial charge in [0.25, 0.3) is 0 Å². The van der Waals surface area contributed by atoms with Crippen LogP contribution in [0.15, 0.2) is 0 Å². The maximum Gasteiger partial charge on any atom is 0.0553 e. The molecule has 0 aliphatic heterocycles. The summed E-state index contributed by atoms with van der Waals surface area (Å²) in [7, 11) is -2.19. The zero-order valence-corrected chi connectivity index (χ0v) is 40.7. The first kappa shape index (κ1) is 32.8. The molecule has 4 bridgehead atoms. The summed E-state index contributed by atoms with van der Waals surface area (Å²) in [5.41, 5.74) is 0. The Kier molecular flexibility index (Phi) is 9.05. The normalized spacial score (nSPS) is 20.4. The van der Waals surface area contributed by atoms with Crippen molar-refractivity contribution in [2.45, 2.75) is 118 Å². The number of hydrogen-bond donors (Lipinski definition) is 0. The Balaban J connectivity index is 2.39. The fraction of sp³-hybridized carbons (Fsp3) is 1.00. The fourth-order valence-electron chi connectivity index (χ4n) is 9.42. The topological polar surface area (TPSA) is 0 Å². The van der Waals surface area contributed by atoms with Gasteiger partial charge in [0.15, 0.2) is 0 Å². The molecule has 4 heterocycles. The Hall–Kier alpha value is 4.27. The van der Waals surface area contributed by atoms with E-state index in [2.05, 4.69) is 133 Å². The van der Waals surface area contributed by atoms with Gasteiger partial charge in [-0.1, -0.05) is 118 Å². The molecule has 0 saturated carbocycles. The van der Waals surface area contributed by atoms with E-state index >= 15 is 0 Å². The van der Waals surface area contributed by atoms with Crippen molar-refractivity contribution in [1.29, 1.82) is 0 Å². The molecule has 200 valence electrons. The second kappa shape index (κ2) is 9.38. The molecule has 0 saturated heterocycles. The van der Waals surface area contributed by atoms with Crippen LogP contribution >= 0.6 is 53.9 Å². The predicted octanol–water partition coefficient (Wildman–Crippen LogP) is 14.4. The lowest BCUT2D eigenvalue weighted by molar-refractivity contribution is 1.76. The van der Waals surface area contributed by atoms with E-state index in [9.17, 15) is 0 Å². The average molecular weight is 743 g/mol. The van der Waals surface area contributed by atoms with Crippen molar-refractivity contribution in [2.75, 3.05) is 0 Å². The largest absolute Gasteiger partial charge is 0.529 e. The minimum Gasteiger partial charge on any atom is -0.529 e. The van der Waals surface area contributed by atoms with Gasteiger partial charge in [0.2, 0.25) is 0 Å². The number of rotatable bonds is 9. The first-order valence-electron chi connectivity index (χ1n) is 12.9. The highest BCUT2D eigenvalue weighted by atomic mass is 33.2. The molecule has 0 spiro atoms. The molecule has 6 unspecified atom stereocenters. The van der Waals surface area contributed by atoms with Gasteiger partial charge in [-0.05, 0) is 0 Å².